The zero-order valence-corrected chi connectivity index (χ0v) is 11.9. The molecule has 1 heterocycles. The molecule has 19 heavy (non-hydrogen) atoms. The molecule has 110 valence electrons. The van der Waals surface area contributed by atoms with Crippen LogP contribution in [0.25, 0.3) is 0 Å². The summed E-state index contributed by atoms with van der Waals surface area (Å²) in [6, 6.07) is 0. The van der Waals surface area contributed by atoms with Crippen LogP contribution in [0.4, 0.5) is 0 Å². The minimum Gasteiger partial charge on any atom is -0.481 e. The molecule has 1 unspecified atom stereocenters. The van der Waals surface area contributed by atoms with Crippen LogP contribution in [-0.4, -0.2) is 36.6 Å². The van der Waals surface area contributed by atoms with Gasteiger partial charge in [-0.3, -0.25) is 9.59 Å². The highest BCUT2D eigenvalue weighted by Gasteiger charge is 2.29. The van der Waals surface area contributed by atoms with Gasteiger partial charge in [-0.15, -0.1) is 0 Å². The smallest absolute Gasteiger partial charge is 0.303 e. The Morgan fingerprint density at radius 1 is 1.37 bits per heavy atom. The number of carbonyl (C=O) groups is 2. The monoisotopic (exact) mass is 270 g/mol. The molecule has 0 aromatic rings. The lowest BCUT2D eigenvalue weighted by atomic mass is 9.95. The van der Waals surface area contributed by atoms with Gasteiger partial charge >= 0.3 is 5.97 Å². The first-order chi connectivity index (χ1) is 9.04. The summed E-state index contributed by atoms with van der Waals surface area (Å²) >= 11 is 0. The largest absolute Gasteiger partial charge is 0.481 e. The molecule has 1 amide bonds. The van der Waals surface area contributed by atoms with E-state index in [1.165, 1.54) is 0 Å². The SMILES string of the molecule is CCC(CCNC(=O)[C@@H]1CNC[C@H]1C)CCC(=O)O. The van der Waals surface area contributed by atoms with Gasteiger partial charge in [0.25, 0.3) is 0 Å². The van der Waals surface area contributed by atoms with Crippen LogP contribution in [0, 0.1) is 17.8 Å². The molecule has 3 N–H and O–H groups in total. The van der Waals surface area contributed by atoms with Gasteiger partial charge in [-0.25, -0.2) is 0 Å². The summed E-state index contributed by atoms with van der Waals surface area (Å²) in [6.07, 6.45) is 2.74. The van der Waals surface area contributed by atoms with E-state index in [9.17, 15) is 9.59 Å². The highest BCUT2D eigenvalue weighted by molar-refractivity contribution is 5.79. The number of aliphatic carboxylic acids is 1. The Balaban J connectivity index is 2.20. The lowest BCUT2D eigenvalue weighted by molar-refractivity contribution is -0.137. The summed E-state index contributed by atoms with van der Waals surface area (Å²) in [6.45, 7) is 6.49. The fourth-order valence-corrected chi connectivity index (χ4v) is 2.57. The average Bonchev–Trinajstić information content (AvgIpc) is 2.79. The topological polar surface area (TPSA) is 78.4 Å². The minimum absolute atomic E-state index is 0.0825. The molecule has 1 rings (SSSR count). The van der Waals surface area contributed by atoms with Gasteiger partial charge in [0, 0.05) is 19.5 Å². The zero-order chi connectivity index (χ0) is 14.3. The standard InChI is InChI=1S/C14H26N2O3/c1-3-11(4-5-13(17)18)6-7-16-14(19)12-9-15-8-10(12)2/h10-12,15H,3-9H2,1-2H3,(H,16,19)(H,17,18)/t10-,11?,12-/m1/s1. The van der Waals surface area contributed by atoms with Crippen LogP contribution in [0.3, 0.4) is 0 Å². The van der Waals surface area contributed by atoms with E-state index in [-0.39, 0.29) is 18.2 Å². The fraction of sp³-hybridized carbons (Fsp3) is 0.857. The fourth-order valence-electron chi connectivity index (χ4n) is 2.57. The van der Waals surface area contributed by atoms with Gasteiger partial charge in [-0.05, 0) is 31.2 Å². The van der Waals surface area contributed by atoms with E-state index >= 15 is 0 Å². The lowest BCUT2D eigenvalue weighted by Crippen LogP contribution is -2.35. The summed E-state index contributed by atoms with van der Waals surface area (Å²) in [4.78, 5) is 22.5. The lowest BCUT2D eigenvalue weighted by Gasteiger charge is -2.17. The van der Waals surface area contributed by atoms with Gasteiger partial charge in [0.2, 0.25) is 5.91 Å². The van der Waals surface area contributed by atoms with E-state index in [1.807, 2.05) is 0 Å². The van der Waals surface area contributed by atoms with Crippen LogP contribution >= 0.6 is 0 Å². The van der Waals surface area contributed by atoms with Crippen LogP contribution in [0.15, 0.2) is 0 Å². The van der Waals surface area contributed by atoms with Crippen molar-refractivity contribution in [3.8, 4) is 0 Å². The van der Waals surface area contributed by atoms with Crippen LogP contribution in [0.2, 0.25) is 0 Å². The van der Waals surface area contributed by atoms with Gasteiger partial charge in [0.15, 0.2) is 0 Å². The quantitative estimate of drug-likeness (QED) is 0.620. The van der Waals surface area contributed by atoms with Crippen LogP contribution in [0.1, 0.15) is 39.5 Å². The third-order valence-corrected chi connectivity index (χ3v) is 4.05. The first kappa shape index (κ1) is 16.0. The van der Waals surface area contributed by atoms with E-state index in [1.54, 1.807) is 0 Å². The maximum atomic E-state index is 11.9. The summed E-state index contributed by atoms with van der Waals surface area (Å²) in [5.74, 6) is 0.252. The van der Waals surface area contributed by atoms with E-state index in [4.69, 9.17) is 5.11 Å². The molecule has 3 atom stereocenters. The van der Waals surface area contributed by atoms with Crippen molar-refractivity contribution in [1.29, 1.82) is 0 Å². The molecular weight excluding hydrogens is 244 g/mol. The second-order valence-corrected chi connectivity index (χ2v) is 5.53. The van der Waals surface area contributed by atoms with Gasteiger partial charge < -0.3 is 15.7 Å². The van der Waals surface area contributed by atoms with Crippen molar-refractivity contribution in [2.75, 3.05) is 19.6 Å². The van der Waals surface area contributed by atoms with Gasteiger partial charge in [0.1, 0.15) is 0 Å². The van der Waals surface area contributed by atoms with Crippen molar-refractivity contribution < 1.29 is 14.7 Å². The molecule has 0 aliphatic carbocycles. The molecule has 0 spiro atoms. The van der Waals surface area contributed by atoms with E-state index in [0.29, 0.717) is 24.8 Å². The predicted molar refractivity (Wildman–Crippen MR) is 73.8 cm³/mol. The summed E-state index contributed by atoms with van der Waals surface area (Å²) in [5.41, 5.74) is 0. The van der Waals surface area contributed by atoms with Crippen LogP contribution in [0.5, 0.6) is 0 Å². The summed E-state index contributed by atoms with van der Waals surface area (Å²) < 4.78 is 0. The third kappa shape index (κ3) is 5.59. The molecule has 0 aromatic heterocycles. The number of amides is 1. The predicted octanol–water partition coefficient (Wildman–Crippen LogP) is 1.24. The maximum Gasteiger partial charge on any atom is 0.303 e. The van der Waals surface area contributed by atoms with Crippen LogP contribution < -0.4 is 10.6 Å². The molecule has 1 aliphatic rings. The van der Waals surface area contributed by atoms with Crippen molar-refractivity contribution in [3.63, 3.8) is 0 Å². The van der Waals surface area contributed by atoms with E-state index in [0.717, 1.165) is 25.9 Å². The van der Waals surface area contributed by atoms with E-state index < -0.39 is 5.97 Å². The van der Waals surface area contributed by atoms with Crippen molar-refractivity contribution in [3.05, 3.63) is 0 Å². The highest BCUT2D eigenvalue weighted by Crippen LogP contribution is 2.17. The molecule has 0 saturated carbocycles. The number of carboxylic acid groups (broad SMARTS) is 1. The summed E-state index contributed by atoms with van der Waals surface area (Å²) in [7, 11) is 0. The Morgan fingerprint density at radius 3 is 2.63 bits per heavy atom. The molecule has 1 aliphatic heterocycles. The van der Waals surface area contributed by atoms with Crippen molar-refractivity contribution in [2.24, 2.45) is 17.8 Å². The number of nitrogens with one attached hydrogen (secondary N) is 2. The third-order valence-electron chi connectivity index (χ3n) is 4.05. The molecule has 1 saturated heterocycles. The molecular formula is C14H26N2O3. The van der Waals surface area contributed by atoms with Crippen molar-refractivity contribution in [2.45, 2.75) is 39.5 Å². The molecule has 0 aromatic carbocycles. The molecule has 0 radical (unpaired) electrons. The van der Waals surface area contributed by atoms with Gasteiger partial charge in [0.05, 0.1) is 5.92 Å². The molecule has 1 fully saturated rings. The summed E-state index contributed by atoms with van der Waals surface area (Å²) in [5, 5.41) is 14.9. The second kappa shape index (κ2) is 8.15. The maximum absolute atomic E-state index is 11.9. The van der Waals surface area contributed by atoms with Crippen molar-refractivity contribution in [1.82, 2.24) is 10.6 Å². The normalized spacial score (nSPS) is 24.1. The van der Waals surface area contributed by atoms with Gasteiger partial charge in [-0.2, -0.15) is 0 Å². The number of carboxylic acids is 1. The Hall–Kier alpha value is -1.10. The number of hydrogen-bond donors (Lipinski definition) is 3. The Kier molecular flexibility index (Phi) is 6.84. The molecule has 5 nitrogen and oxygen atoms in total. The van der Waals surface area contributed by atoms with Crippen molar-refractivity contribution >= 4 is 11.9 Å². The van der Waals surface area contributed by atoms with Gasteiger partial charge in [-0.1, -0.05) is 20.3 Å². The zero-order valence-electron chi connectivity index (χ0n) is 11.9. The first-order valence-corrected chi connectivity index (χ1v) is 7.24. The molecule has 5 heteroatoms. The van der Waals surface area contributed by atoms with E-state index in [2.05, 4.69) is 24.5 Å². The average molecular weight is 270 g/mol. The Morgan fingerprint density at radius 2 is 2.11 bits per heavy atom. The minimum atomic E-state index is -0.742. The Labute approximate surface area is 115 Å². The molecule has 0 bridgehead atoms. The number of rotatable bonds is 8. The number of carbonyl (C=O) groups excluding carboxylic acids is 1. The second-order valence-electron chi connectivity index (χ2n) is 5.53. The Bertz CT molecular complexity index is 307. The highest BCUT2D eigenvalue weighted by atomic mass is 16.4. The number of hydrogen-bond acceptors (Lipinski definition) is 3. The van der Waals surface area contributed by atoms with Crippen LogP contribution in [-0.2, 0) is 9.59 Å². The first-order valence-electron chi connectivity index (χ1n) is 7.24.